The zero-order chi connectivity index (χ0) is 75.8. The van der Waals surface area contributed by atoms with Crippen LogP contribution in [-0.2, 0) is 65.4 Å². The van der Waals surface area contributed by atoms with Crippen LogP contribution in [0.5, 0.6) is 0 Å². The van der Waals surface area contributed by atoms with Crippen LogP contribution in [0.25, 0.3) is 0 Å². The minimum absolute atomic E-state index is 0.106. The maximum atomic E-state index is 13.1. The SMILES string of the molecule is CCCCCCCCCCCCCCCCCCCCCCC(=O)O[C@H](COC(=O)CCCCCCCCCCCCCCCC(C)C)COP(=O)(O)OC[C@@H](O)COP(=O)(O)OC[C@@H](COC(=O)CCCCCCCCCCCCC(C)C)OC(=O)CCCCCCCCCCCCC(C)CC. The molecule has 0 radical (unpaired) electrons. The molecule has 0 aliphatic carbocycles. The topological polar surface area (TPSA) is 237 Å². The van der Waals surface area contributed by atoms with E-state index in [0.717, 1.165) is 108 Å². The molecule has 0 fully saturated rings. The summed E-state index contributed by atoms with van der Waals surface area (Å²) in [5.41, 5.74) is 0. The Bertz CT molecular complexity index is 1990. The highest BCUT2D eigenvalue weighted by Gasteiger charge is 2.30. The van der Waals surface area contributed by atoms with Gasteiger partial charge in [-0.1, -0.05) is 389 Å². The zero-order valence-corrected chi connectivity index (χ0v) is 69.6. The average molecular weight is 1510 g/mol. The second-order valence-electron chi connectivity index (χ2n) is 31.4. The predicted molar refractivity (Wildman–Crippen MR) is 423 cm³/mol. The lowest BCUT2D eigenvalue weighted by molar-refractivity contribution is -0.161. The van der Waals surface area contributed by atoms with E-state index in [2.05, 4.69) is 48.5 Å². The van der Waals surface area contributed by atoms with Crippen molar-refractivity contribution in [1.82, 2.24) is 0 Å². The Kier molecular flexibility index (Phi) is 72.8. The fourth-order valence-corrected chi connectivity index (χ4v) is 14.6. The van der Waals surface area contributed by atoms with E-state index in [9.17, 15) is 43.2 Å². The third-order valence-corrected chi connectivity index (χ3v) is 21.9. The molecule has 3 N–H and O–H groups in total. The first-order chi connectivity index (χ1) is 49.8. The number of aliphatic hydroxyl groups excluding tert-OH is 1. The van der Waals surface area contributed by atoms with Crippen LogP contribution in [-0.4, -0.2) is 96.7 Å². The van der Waals surface area contributed by atoms with E-state index in [1.165, 1.54) is 250 Å². The van der Waals surface area contributed by atoms with Gasteiger partial charge in [0.1, 0.15) is 19.3 Å². The Balaban J connectivity index is 5.26. The van der Waals surface area contributed by atoms with Crippen LogP contribution in [0.15, 0.2) is 0 Å². The summed E-state index contributed by atoms with van der Waals surface area (Å²) in [7, 11) is -9.93. The Morgan fingerprint density at radius 3 is 0.738 bits per heavy atom. The molecule has 0 saturated carbocycles. The lowest BCUT2D eigenvalue weighted by Crippen LogP contribution is -2.30. The molecular weight excluding hydrogens is 1340 g/mol. The Labute approximate surface area is 632 Å². The number of phosphoric ester groups is 2. The molecule has 0 aliphatic heterocycles. The van der Waals surface area contributed by atoms with Crippen LogP contribution in [0.2, 0.25) is 0 Å². The molecule has 0 bridgehead atoms. The van der Waals surface area contributed by atoms with Crippen molar-refractivity contribution < 1.29 is 80.2 Å². The maximum absolute atomic E-state index is 13.1. The third-order valence-electron chi connectivity index (χ3n) is 20.0. The molecule has 612 valence electrons. The van der Waals surface area contributed by atoms with Gasteiger partial charge in [-0.2, -0.15) is 0 Å². The number of ether oxygens (including phenoxy) is 4. The summed E-state index contributed by atoms with van der Waals surface area (Å²) < 4.78 is 68.9. The molecule has 19 heteroatoms. The van der Waals surface area contributed by atoms with Crippen LogP contribution in [0.4, 0.5) is 0 Å². The number of hydrogen-bond donors (Lipinski definition) is 3. The highest BCUT2D eigenvalue weighted by Crippen LogP contribution is 2.45. The molecule has 0 rings (SSSR count). The normalized spacial score (nSPS) is 14.2. The van der Waals surface area contributed by atoms with Crippen LogP contribution in [0.1, 0.15) is 440 Å². The highest BCUT2D eigenvalue weighted by atomic mass is 31.2. The molecule has 0 amide bonds. The van der Waals surface area contributed by atoms with Gasteiger partial charge in [-0.3, -0.25) is 37.3 Å². The van der Waals surface area contributed by atoms with E-state index in [1.54, 1.807) is 0 Å². The van der Waals surface area contributed by atoms with Crippen molar-refractivity contribution in [3.05, 3.63) is 0 Å². The summed E-state index contributed by atoms with van der Waals surface area (Å²) >= 11 is 0. The quantitative estimate of drug-likeness (QED) is 0.0222. The first-order valence-corrected chi connectivity index (χ1v) is 46.4. The summed E-state index contributed by atoms with van der Waals surface area (Å²) in [6.45, 7) is 12.0. The van der Waals surface area contributed by atoms with Crippen molar-refractivity contribution in [1.29, 1.82) is 0 Å². The number of carbonyl (C=O) groups is 4. The van der Waals surface area contributed by atoms with Gasteiger partial charge in [-0.05, 0) is 43.4 Å². The van der Waals surface area contributed by atoms with Gasteiger partial charge in [0, 0.05) is 25.7 Å². The van der Waals surface area contributed by atoms with Crippen molar-refractivity contribution in [2.24, 2.45) is 17.8 Å². The van der Waals surface area contributed by atoms with Crippen molar-refractivity contribution in [3.63, 3.8) is 0 Å². The molecule has 0 saturated heterocycles. The molecule has 0 spiro atoms. The Hall–Kier alpha value is -1.94. The fraction of sp³-hybridized carbons (Fsp3) is 0.952. The lowest BCUT2D eigenvalue weighted by Gasteiger charge is -2.21. The van der Waals surface area contributed by atoms with Crippen LogP contribution in [0, 0.1) is 17.8 Å². The molecule has 103 heavy (non-hydrogen) atoms. The lowest BCUT2D eigenvalue weighted by atomic mass is 9.99. The number of esters is 4. The van der Waals surface area contributed by atoms with Crippen molar-refractivity contribution in [2.45, 2.75) is 458 Å². The summed E-state index contributed by atoms with van der Waals surface area (Å²) in [5.74, 6) is 0.246. The molecule has 0 heterocycles. The molecule has 6 atom stereocenters. The largest absolute Gasteiger partial charge is 0.472 e. The fourth-order valence-electron chi connectivity index (χ4n) is 13.0. The van der Waals surface area contributed by atoms with E-state index >= 15 is 0 Å². The number of phosphoric acid groups is 2. The van der Waals surface area contributed by atoms with E-state index in [0.29, 0.717) is 25.7 Å². The first kappa shape index (κ1) is 101. The maximum Gasteiger partial charge on any atom is 0.472 e. The summed E-state index contributed by atoms with van der Waals surface area (Å²) in [6, 6.07) is 0. The summed E-state index contributed by atoms with van der Waals surface area (Å²) in [5, 5.41) is 10.7. The average Bonchev–Trinajstić information content (AvgIpc) is 0.943. The van der Waals surface area contributed by atoms with E-state index in [4.69, 9.17) is 37.0 Å². The van der Waals surface area contributed by atoms with Gasteiger partial charge < -0.3 is 33.8 Å². The van der Waals surface area contributed by atoms with Gasteiger partial charge in [0.05, 0.1) is 26.4 Å². The van der Waals surface area contributed by atoms with Crippen LogP contribution >= 0.6 is 15.6 Å². The second kappa shape index (κ2) is 74.2. The van der Waals surface area contributed by atoms with Gasteiger partial charge in [0.15, 0.2) is 12.2 Å². The molecule has 17 nitrogen and oxygen atoms in total. The van der Waals surface area contributed by atoms with Gasteiger partial charge >= 0.3 is 39.5 Å². The minimum atomic E-state index is -4.96. The van der Waals surface area contributed by atoms with Crippen molar-refractivity contribution >= 4 is 39.5 Å². The summed E-state index contributed by atoms with van der Waals surface area (Å²) in [6.07, 6.45) is 63.7. The standard InChI is InChI=1S/C84H164O17P2/c1-8-10-11-12-13-14-15-16-17-18-19-20-21-22-25-29-39-46-53-60-67-83(88)100-79(71-94-81(86)65-58-51-44-37-28-26-23-24-27-34-41-48-55-62-75(3)4)73-98-102(90,91)96-69-78(85)70-97-103(92,93)99-74-80(72-95-82(87)66-59-52-45-38-32-30-35-42-49-56-63-76(5)6)101-84(89)68-61-54-47-40-33-31-36-43-50-57-64-77(7)9-2/h75-80,85H,8-74H2,1-7H3,(H,90,91)(H,92,93)/t77?,78-,79-,80-/m1/s1. The number of unbranched alkanes of at least 4 members (excludes halogenated alkanes) is 49. The Morgan fingerprint density at radius 2 is 0.495 bits per heavy atom. The van der Waals surface area contributed by atoms with Gasteiger partial charge in [0.2, 0.25) is 0 Å². The third kappa shape index (κ3) is 76.6. The molecule has 0 aliphatic rings. The minimum Gasteiger partial charge on any atom is -0.462 e. The highest BCUT2D eigenvalue weighted by molar-refractivity contribution is 7.47. The zero-order valence-electron chi connectivity index (χ0n) is 67.8. The molecule has 0 aromatic carbocycles. The molecule has 0 aromatic heterocycles. The number of carbonyl (C=O) groups excluding carboxylic acids is 4. The second-order valence-corrected chi connectivity index (χ2v) is 34.3. The van der Waals surface area contributed by atoms with E-state index < -0.39 is 97.5 Å². The molecule has 0 aromatic rings. The van der Waals surface area contributed by atoms with Crippen molar-refractivity contribution in [3.8, 4) is 0 Å². The first-order valence-electron chi connectivity index (χ1n) is 43.4. The van der Waals surface area contributed by atoms with E-state index in [1.807, 2.05) is 0 Å². The number of hydrogen-bond acceptors (Lipinski definition) is 15. The smallest absolute Gasteiger partial charge is 0.462 e. The van der Waals surface area contributed by atoms with E-state index in [-0.39, 0.29) is 25.7 Å². The van der Waals surface area contributed by atoms with Crippen LogP contribution < -0.4 is 0 Å². The number of aliphatic hydroxyl groups is 1. The van der Waals surface area contributed by atoms with Crippen molar-refractivity contribution in [2.75, 3.05) is 39.6 Å². The van der Waals surface area contributed by atoms with Gasteiger partial charge in [-0.25, -0.2) is 9.13 Å². The predicted octanol–water partition coefficient (Wildman–Crippen LogP) is 25.3. The van der Waals surface area contributed by atoms with Crippen LogP contribution in [0.3, 0.4) is 0 Å². The Morgan fingerprint density at radius 1 is 0.282 bits per heavy atom. The summed E-state index contributed by atoms with van der Waals surface area (Å²) in [4.78, 5) is 73.2. The number of rotatable bonds is 82. The van der Waals surface area contributed by atoms with Gasteiger partial charge in [-0.15, -0.1) is 0 Å². The molecule has 3 unspecified atom stereocenters. The monoisotopic (exact) mass is 1510 g/mol. The van der Waals surface area contributed by atoms with Gasteiger partial charge in [0.25, 0.3) is 0 Å². The molecular formula is C84H164O17P2.